The van der Waals surface area contributed by atoms with Gasteiger partial charge in [-0.2, -0.15) is 0 Å². The van der Waals surface area contributed by atoms with Crippen molar-refractivity contribution in [3.8, 4) is 11.5 Å². The summed E-state index contributed by atoms with van der Waals surface area (Å²) >= 11 is 6.30. The van der Waals surface area contributed by atoms with Gasteiger partial charge >= 0.3 is 5.97 Å². The van der Waals surface area contributed by atoms with Crippen LogP contribution in [0.5, 0.6) is 11.5 Å². The Bertz CT molecular complexity index is 465. The third-order valence-electron chi connectivity index (χ3n) is 2.94. The molecule has 0 radical (unpaired) electrons. The van der Waals surface area contributed by atoms with E-state index in [0.717, 1.165) is 5.56 Å². The number of methoxy groups -OCH3 is 2. The SMILES string of the molecule is COc1ccc(CN(C)CCCC(=O)O)c(Cl)c1OC. The maximum absolute atomic E-state index is 10.5. The van der Waals surface area contributed by atoms with Gasteiger partial charge in [-0.05, 0) is 31.6 Å². The molecule has 1 aromatic carbocycles. The summed E-state index contributed by atoms with van der Waals surface area (Å²) in [6, 6.07) is 3.70. The first kappa shape index (κ1) is 16.6. The van der Waals surface area contributed by atoms with Gasteiger partial charge in [-0.3, -0.25) is 4.79 Å². The molecule has 0 bridgehead atoms. The number of carboxylic acid groups (broad SMARTS) is 1. The van der Waals surface area contributed by atoms with Crippen molar-refractivity contribution >= 4 is 17.6 Å². The zero-order valence-electron chi connectivity index (χ0n) is 12.0. The van der Waals surface area contributed by atoms with E-state index in [1.54, 1.807) is 14.2 Å². The molecular weight excluding hydrogens is 282 g/mol. The van der Waals surface area contributed by atoms with Crippen LogP contribution in [-0.2, 0) is 11.3 Å². The van der Waals surface area contributed by atoms with E-state index < -0.39 is 5.97 Å². The van der Waals surface area contributed by atoms with Gasteiger partial charge < -0.3 is 19.5 Å². The molecule has 112 valence electrons. The minimum atomic E-state index is -0.775. The van der Waals surface area contributed by atoms with Crippen LogP contribution < -0.4 is 9.47 Å². The van der Waals surface area contributed by atoms with Crippen molar-refractivity contribution in [3.63, 3.8) is 0 Å². The minimum absolute atomic E-state index is 0.171. The van der Waals surface area contributed by atoms with Crippen molar-refractivity contribution in [2.45, 2.75) is 19.4 Å². The van der Waals surface area contributed by atoms with E-state index in [-0.39, 0.29) is 6.42 Å². The van der Waals surface area contributed by atoms with Crippen LogP contribution in [0.2, 0.25) is 5.02 Å². The molecule has 0 saturated carbocycles. The second-order valence-corrected chi connectivity index (χ2v) is 4.89. The first-order chi connectivity index (χ1) is 9.49. The average Bonchev–Trinajstić information content (AvgIpc) is 2.40. The van der Waals surface area contributed by atoms with Crippen LogP contribution in [0, 0.1) is 0 Å². The lowest BCUT2D eigenvalue weighted by Crippen LogP contribution is -2.20. The Morgan fingerprint density at radius 3 is 2.60 bits per heavy atom. The molecule has 5 nitrogen and oxygen atoms in total. The normalized spacial score (nSPS) is 10.7. The highest BCUT2D eigenvalue weighted by molar-refractivity contribution is 6.33. The fraction of sp³-hybridized carbons (Fsp3) is 0.500. The largest absolute Gasteiger partial charge is 0.493 e. The summed E-state index contributed by atoms with van der Waals surface area (Å²) in [5.41, 5.74) is 0.919. The molecule has 1 aromatic rings. The lowest BCUT2D eigenvalue weighted by atomic mass is 10.1. The molecule has 0 atom stereocenters. The number of nitrogens with zero attached hydrogens (tertiary/aromatic N) is 1. The molecule has 0 fully saturated rings. The zero-order valence-corrected chi connectivity index (χ0v) is 12.7. The fourth-order valence-electron chi connectivity index (χ4n) is 1.92. The second kappa shape index (κ2) is 7.97. The lowest BCUT2D eigenvalue weighted by molar-refractivity contribution is -0.137. The zero-order chi connectivity index (χ0) is 15.1. The van der Waals surface area contributed by atoms with Crippen molar-refractivity contribution in [1.29, 1.82) is 0 Å². The summed E-state index contributed by atoms with van der Waals surface area (Å²) in [5.74, 6) is 0.336. The fourth-order valence-corrected chi connectivity index (χ4v) is 2.22. The molecular formula is C14H20ClNO4. The summed E-state index contributed by atoms with van der Waals surface area (Å²) < 4.78 is 10.4. The third kappa shape index (κ3) is 4.58. The number of halogens is 1. The van der Waals surface area contributed by atoms with Crippen LogP contribution in [0.15, 0.2) is 12.1 Å². The topological polar surface area (TPSA) is 59.0 Å². The van der Waals surface area contributed by atoms with Gasteiger partial charge in [-0.15, -0.1) is 0 Å². The van der Waals surface area contributed by atoms with Crippen LogP contribution in [0.25, 0.3) is 0 Å². The summed E-state index contributed by atoms with van der Waals surface area (Å²) in [7, 11) is 5.03. The molecule has 0 unspecified atom stereocenters. The number of carbonyl (C=O) groups is 1. The van der Waals surface area contributed by atoms with Crippen molar-refractivity contribution in [2.75, 3.05) is 27.8 Å². The number of hydrogen-bond donors (Lipinski definition) is 1. The third-order valence-corrected chi connectivity index (χ3v) is 3.35. The van der Waals surface area contributed by atoms with E-state index >= 15 is 0 Å². The standard InChI is InChI=1S/C14H20ClNO4/c1-16(8-4-5-12(17)18)9-10-6-7-11(19-2)14(20-3)13(10)15/h6-7H,4-5,8-9H2,1-3H3,(H,17,18). The molecule has 6 heteroatoms. The molecule has 0 saturated heterocycles. The van der Waals surface area contributed by atoms with Gasteiger partial charge in [0.25, 0.3) is 0 Å². The van der Waals surface area contributed by atoms with Crippen LogP contribution in [0.1, 0.15) is 18.4 Å². The van der Waals surface area contributed by atoms with Crippen LogP contribution in [0.3, 0.4) is 0 Å². The number of ether oxygens (including phenoxy) is 2. The Balaban J connectivity index is 2.70. The quantitative estimate of drug-likeness (QED) is 0.800. The average molecular weight is 302 g/mol. The maximum atomic E-state index is 10.5. The summed E-state index contributed by atoms with van der Waals surface area (Å²) in [6.07, 6.45) is 0.779. The van der Waals surface area contributed by atoms with Gasteiger partial charge in [0.15, 0.2) is 11.5 Å². The van der Waals surface area contributed by atoms with E-state index in [0.29, 0.717) is 36.0 Å². The molecule has 1 rings (SSSR count). The van der Waals surface area contributed by atoms with Crippen molar-refractivity contribution in [1.82, 2.24) is 4.90 Å². The smallest absolute Gasteiger partial charge is 0.303 e. The molecule has 0 amide bonds. The van der Waals surface area contributed by atoms with Gasteiger partial charge in [-0.1, -0.05) is 17.7 Å². The van der Waals surface area contributed by atoms with E-state index in [1.807, 2.05) is 24.1 Å². The Hall–Kier alpha value is -1.46. The van der Waals surface area contributed by atoms with E-state index in [4.69, 9.17) is 26.2 Å². The van der Waals surface area contributed by atoms with Crippen LogP contribution in [0.4, 0.5) is 0 Å². The number of benzene rings is 1. The van der Waals surface area contributed by atoms with E-state index in [2.05, 4.69) is 0 Å². The first-order valence-electron chi connectivity index (χ1n) is 6.29. The predicted octanol–water partition coefficient (Wildman–Crippen LogP) is 2.65. The van der Waals surface area contributed by atoms with Gasteiger partial charge in [0.1, 0.15) is 0 Å². The van der Waals surface area contributed by atoms with Crippen molar-refractivity contribution in [2.24, 2.45) is 0 Å². The van der Waals surface area contributed by atoms with E-state index in [9.17, 15) is 4.79 Å². The summed E-state index contributed by atoms with van der Waals surface area (Å²) in [6.45, 7) is 1.32. The van der Waals surface area contributed by atoms with Gasteiger partial charge in [0.2, 0.25) is 0 Å². The Morgan fingerprint density at radius 1 is 1.35 bits per heavy atom. The summed E-state index contributed by atoms with van der Waals surface area (Å²) in [4.78, 5) is 12.5. The Morgan fingerprint density at radius 2 is 2.05 bits per heavy atom. The molecule has 0 aromatic heterocycles. The molecule has 20 heavy (non-hydrogen) atoms. The molecule has 0 spiro atoms. The molecule has 0 heterocycles. The highest BCUT2D eigenvalue weighted by Gasteiger charge is 2.14. The Labute approximate surface area is 124 Å². The summed E-state index contributed by atoms with van der Waals surface area (Å²) in [5, 5.41) is 9.14. The van der Waals surface area contributed by atoms with Crippen molar-refractivity contribution in [3.05, 3.63) is 22.7 Å². The van der Waals surface area contributed by atoms with Crippen LogP contribution in [-0.4, -0.2) is 43.8 Å². The highest BCUT2D eigenvalue weighted by Crippen LogP contribution is 2.37. The monoisotopic (exact) mass is 301 g/mol. The number of hydrogen-bond acceptors (Lipinski definition) is 4. The van der Waals surface area contributed by atoms with Gasteiger partial charge in [0, 0.05) is 13.0 Å². The molecule has 1 N–H and O–H groups in total. The first-order valence-corrected chi connectivity index (χ1v) is 6.67. The van der Waals surface area contributed by atoms with Crippen LogP contribution >= 0.6 is 11.6 Å². The molecule has 0 aliphatic carbocycles. The second-order valence-electron chi connectivity index (χ2n) is 4.51. The minimum Gasteiger partial charge on any atom is -0.493 e. The lowest BCUT2D eigenvalue weighted by Gasteiger charge is -2.19. The molecule has 0 aliphatic rings. The Kier molecular flexibility index (Phi) is 6.61. The van der Waals surface area contributed by atoms with Gasteiger partial charge in [-0.25, -0.2) is 0 Å². The van der Waals surface area contributed by atoms with Crippen molar-refractivity contribution < 1.29 is 19.4 Å². The number of rotatable bonds is 8. The maximum Gasteiger partial charge on any atom is 0.303 e. The molecule has 0 aliphatic heterocycles. The predicted molar refractivity (Wildman–Crippen MR) is 77.8 cm³/mol. The highest BCUT2D eigenvalue weighted by atomic mass is 35.5. The number of carboxylic acids is 1. The number of aliphatic carboxylic acids is 1. The van der Waals surface area contributed by atoms with E-state index in [1.165, 1.54) is 0 Å². The van der Waals surface area contributed by atoms with Gasteiger partial charge in [0.05, 0.1) is 19.2 Å².